The van der Waals surface area contributed by atoms with Crippen LogP contribution in [0.3, 0.4) is 0 Å². The summed E-state index contributed by atoms with van der Waals surface area (Å²) in [5.74, 6) is 0. The van der Waals surface area contributed by atoms with Gasteiger partial charge in [-0.1, -0.05) is 170 Å². The van der Waals surface area contributed by atoms with Gasteiger partial charge in [0.2, 0.25) is 0 Å². The fraction of sp³-hybridized carbons (Fsp3) is 0. The number of anilines is 6. The predicted octanol–water partition coefficient (Wildman–Crippen LogP) is 16.2. The van der Waals surface area contributed by atoms with Gasteiger partial charge >= 0.3 is 0 Å². The fourth-order valence-electron chi connectivity index (χ4n) is 11.8. The molecule has 4 heterocycles. The Morgan fingerprint density at radius 2 is 0.903 bits per heavy atom. The lowest BCUT2D eigenvalue weighted by atomic mass is 10.0. The molecular formula is C66H42N2O2SSi. The van der Waals surface area contributed by atoms with Crippen LogP contribution >= 0.6 is 11.3 Å². The Bertz CT molecular complexity index is 4310. The van der Waals surface area contributed by atoms with Gasteiger partial charge in [0.05, 0.1) is 10.4 Å². The maximum absolute atomic E-state index is 6.81. The first kappa shape index (κ1) is 40.9. The SMILES string of the molecule is c1ccc(-c2ccc(N(c3ccc4c(c3)[Si](c3ccc5c(c3)oc3ccccc35)(c3ccc5c(c3)oc3ccccc35)c3ccccc3N4c3ccccc3)c3cccc4c3sc3ccccc34)cc2)cc1. The number of hydrogen-bond acceptors (Lipinski definition) is 5. The van der Waals surface area contributed by atoms with Crippen LogP contribution in [0.5, 0.6) is 0 Å². The molecule has 0 aliphatic carbocycles. The number of furan rings is 2. The van der Waals surface area contributed by atoms with E-state index in [-0.39, 0.29) is 0 Å². The monoisotopic (exact) mass is 954 g/mol. The van der Waals surface area contributed by atoms with E-state index in [2.05, 4.69) is 265 Å². The zero-order chi connectivity index (χ0) is 47.3. The Morgan fingerprint density at radius 1 is 0.361 bits per heavy atom. The highest BCUT2D eigenvalue weighted by Crippen LogP contribution is 2.47. The number of para-hydroxylation sites is 4. The van der Waals surface area contributed by atoms with Gasteiger partial charge in [-0.3, -0.25) is 0 Å². The van der Waals surface area contributed by atoms with Crippen molar-refractivity contribution in [3.05, 3.63) is 255 Å². The van der Waals surface area contributed by atoms with Crippen LogP contribution in [-0.4, -0.2) is 8.07 Å². The summed E-state index contributed by atoms with van der Waals surface area (Å²) in [7, 11) is -3.38. The third kappa shape index (κ3) is 6.10. The van der Waals surface area contributed by atoms with E-state index in [1.54, 1.807) is 0 Å². The van der Waals surface area contributed by atoms with Crippen LogP contribution in [0, 0.1) is 0 Å². The maximum Gasteiger partial charge on any atom is 0.184 e. The number of nitrogens with zero attached hydrogens (tertiary/aromatic N) is 2. The minimum Gasteiger partial charge on any atom is -0.456 e. The molecule has 6 heteroatoms. The number of thiophene rings is 1. The van der Waals surface area contributed by atoms with E-state index in [0.717, 1.165) is 78.0 Å². The molecule has 0 fully saturated rings. The average molecular weight is 955 g/mol. The van der Waals surface area contributed by atoms with E-state index >= 15 is 0 Å². The third-order valence-electron chi connectivity index (χ3n) is 14.9. The van der Waals surface area contributed by atoms with E-state index in [9.17, 15) is 0 Å². The van der Waals surface area contributed by atoms with Gasteiger partial charge in [0.15, 0.2) is 8.07 Å². The van der Waals surface area contributed by atoms with Crippen molar-refractivity contribution in [2.75, 3.05) is 9.80 Å². The van der Waals surface area contributed by atoms with Gasteiger partial charge in [-0.15, -0.1) is 11.3 Å². The average Bonchev–Trinajstić information content (AvgIpc) is 4.15. The molecule has 0 spiro atoms. The second-order valence-electron chi connectivity index (χ2n) is 18.8. The van der Waals surface area contributed by atoms with Crippen molar-refractivity contribution in [1.82, 2.24) is 0 Å². The quantitative estimate of drug-likeness (QED) is 0.149. The molecular weight excluding hydrogens is 913 g/mol. The van der Waals surface area contributed by atoms with Gasteiger partial charge in [-0.05, 0) is 117 Å². The Morgan fingerprint density at radius 3 is 1.61 bits per heavy atom. The van der Waals surface area contributed by atoms with Crippen LogP contribution < -0.4 is 30.5 Å². The molecule has 0 saturated heterocycles. The molecule has 0 amide bonds. The molecule has 4 nitrogen and oxygen atoms in total. The number of rotatable bonds is 7. The molecule has 0 unspecified atom stereocenters. The zero-order valence-electron chi connectivity index (χ0n) is 38.9. The van der Waals surface area contributed by atoms with Gasteiger partial charge in [0.25, 0.3) is 0 Å². The summed E-state index contributed by atoms with van der Waals surface area (Å²) in [5.41, 5.74) is 12.6. The van der Waals surface area contributed by atoms with Gasteiger partial charge in [-0.2, -0.15) is 0 Å². The highest BCUT2D eigenvalue weighted by atomic mass is 32.1. The summed E-state index contributed by atoms with van der Waals surface area (Å²) in [6.45, 7) is 0. The summed E-state index contributed by atoms with van der Waals surface area (Å²) < 4.78 is 16.1. The smallest absolute Gasteiger partial charge is 0.184 e. The first-order chi connectivity index (χ1) is 35.7. The minimum absolute atomic E-state index is 0.877. The summed E-state index contributed by atoms with van der Waals surface area (Å²) in [6, 6.07) is 93.4. The summed E-state index contributed by atoms with van der Waals surface area (Å²) in [5, 5.41) is 12.0. The van der Waals surface area contributed by atoms with Crippen LogP contribution in [-0.2, 0) is 0 Å². The molecule has 0 N–H and O–H groups in total. The summed E-state index contributed by atoms with van der Waals surface area (Å²) >= 11 is 1.86. The highest BCUT2D eigenvalue weighted by Gasteiger charge is 2.50. The predicted molar refractivity (Wildman–Crippen MR) is 306 cm³/mol. The van der Waals surface area contributed by atoms with Crippen LogP contribution in [0.15, 0.2) is 264 Å². The van der Waals surface area contributed by atoms with Crippen molar-refractivity contribution < 1.29 is 8.83 Å². The first-order valence-electron chi connectivity index (χ1n) is 24.5. The van der Waals surface area contributed by atoms with Gasteiger partial charge < -0.3 is 18.6 Å². The van der Waals surface area contributed by atoms with Crippen molar-refractivity contribution >= 4 is 138 Å². The van der Waals surface area contributed by atoms with E-state index in [1.165, 1.54) is 52.0 Å². The molecule has 3 aromatic heterocycles. The molecule has 14 aromatic rings. The van der Waals surface area contributed by atoms with Gasteiger partial charge in [-0.25, -0.2) is 0 Å². The van der Waals surface area contributed by atoms with Crippen LogP contribution in [0.1, 0.15) is 0 Å². The molecule has 72 heavy (non-hydrogen) atoms. The van der Waals surface area contributed by atoms with Crippen LogP contribution in [0.2, 0.25) is 0 Å². The van der Waals surface area contributed by atoms with Crippen molar-refractivity contribution in [1.29, 1.82) is 0 Å². The maximum atomic E-state index is 6.81. The van der Waals surface area contributed by atoms with E-state index < -0.39 is 8.07 Å². The normalized spacial score (nSPS) is 13.1. The van der Waals surface area contributed by atoms with Gasteiger partial charge in [0.1, 0.15) is 22.3 Å². The molecule has 1 aliphatic rings. The highest BCUT2D eigenvalue weighted by molar-refractivity contribution is 7.26. The van der Waals surface area contributed by atoms with E-state index in [4.69, 9.17) is 8.83 Å². The van der Waals surface area contributed by atoms with Crippen LogP contribution in [0.25, 0.3) is 75.2 Å². The molecule has 0 atom stereocenters. The minimum atomic E-state index is -3.38. The zero-order valence-corrected chi connectivity index (χ0v) is 40.7. The molecule has 15 rings (SSSR count). The number of fused-ring (bicyclic) bond motifs is 11. The van der Waals surface area contributed by atoms with E-state index in [1.807, 2.05) is 11.3 Å². The number of hydrogen-bond donors (Lipinski definition) is 0. The lowest BCUT2D eigenvalue weighted by Crippen LogP contribution is -2.77. The molecule has 338 valence electrons. The second kappa shape index (κ2) is 16.1. The summed E-state index contributed by atoms with van der Waals surface area (Å²) in [4.78, 5) is 4.97. The van der Waals surface area contributed by atoms with Crippen molar-refractivity contribution in [2.45, 2.75) is 0 Å². The summed E-state index contributed by atoms with van der Waals surface area (Å²) in [6.07, 6.45) is 0. The van der Waals surface area contributed by atoms with Crippen molar-refractivity contribution in [3.63, 3.8) is 0 Å². The standard InChI is InChI=1S/C66H42N2O2SSi/c1-3-16-43(17-4-1)44-30-32-46(33-31-44)67(58-25-15-23-55-54-22-9-13-28-63(54)71-66(55)58)47-34-39-57-65(40-47)72(48-35-37-52-50-20-7-11-26-59(50)69-61(52)41-48,49-36-38-53-51-21-8-12-27-60(51)70-62(53)42-49)64-29-14-10-24-56(64)68(57)45-18-5-2-6-19-45/h1-42H. The third-order valence-corrected chi connectivity index (χ3v) is 20.9. The molecule has 0 radical (unpaired) electrons. The van der Waals surface area contributed by atoms with E-state index in [0.29, 0.717) is 0 Å². The lowest BCUT2D eigenvalue weighted by Gasteiger charge is -2.45. The fourth-order valence-corrected chi connectivity index (χ4v) is 18.1. The van der Waals surface area contributed by atoms with Crippen molar-refractivity contribution in [2.24, 2.45) is 0 Å². The largest absolute Gasteiger partial charge is 0.456 e. The Balaban J connectivity index is 1.06. The number of benzene rings is 11. The molecule has 1 aliphatic heterocycles. The second-order valence-corrected chi connectivity index (χ2v) is 23.5. The molecule has 0 saturated carbocycles. The lowest BCUT2D eigenvalue weighted by molar-refractivity contribution is 0.669. The first-order valence-corrected chi connectivity index (χ1v) is 27.3. The topological polar surface area (TPSA) is 32.8 Å². The van der Waals surface area contributed by atoms with Gasteiger partial charge in [0, 0.05) is 65.5 Å². The Labute approximate surface area is 420 Å². The Kier molecular flexibility index (Phi) is 9.12. The molecule has 0 bridgehead atoms. The molecule has 11 aromatic carbocycles. The van der Waals surface area contributed by atoms with Crippen molar-refractivity contribution in [3.8, 4) is 11.1 Å². The van der Waals surface area contributed by atoms with Crippen LogP contribution in [0.4, 0.5) is 34.1 Å². The Hall–Kier alpha value is -8.94.